The Morgan fingerprint density at radius 3 is 2.80 bits per heavy atom. The lowest BCUT2D eigenvalue weighted by Gasteiger charge is -2.02. The fraction of sp³-hybridized carbons (Fsp3) is 0.615. The maximum atomic E-state index is 11.7. The van der Waals surface area contributed by atoms with E-state index in [2.05, 4.69) is 15.2 Å². The molecule has 0 aliphatic carbocycles. The summed E-state index contributed by atoms with van der Waals surface area (Å²) in [6.45, 7) is 0.731. The van der Waals surface area contributed by atoms with Crippen LogP contribution in [-0.2, 0) is 20.9 Å². The van der Waals surface area contributed by atoms with Gasteiger partial charge in [-0.25, -0.2) is 0 Å². The Bertz CT molecular complexity index is 431. The molecule has 1 aromatic rings. The van der Waals surface area contributed by atoms with Crippen molar-refractivity contribution in [2.24, 2.45) is 5.73 Å². The smallest absolute Gasteiger partial charge is 0.327 e. The van der Waals surface area contributed by atoms with Gasteiger partial charge in [0.05, 0.1) is 7.11 Å². The van der Waals surface area contributed by atoms with Crippen LogP contribution in [0.4, 0.5) is 5.82 Å². The van der Waals surface area contributed by atoms with Crippen LogP contribution in [0.25, 0.3) is 0 Å². The number of nitrogens with two attached hydrogens (primary N) is 1. The van der Waals surface area contributed by atoms with E-state index in [4.69, 9.17) is 5.73 Å². The zero-order chi connectivity index (χ0) is 14.8. The fourth-order valence-corrected chi connectivity index (χ4v) is 1.70. The van der Waals surface area contributed by atoms with Crippen molar-refractivity contribution in [3.8, 4) is 0 Å². The molecule has 1 aromatic heterocycles. The number of ether oxygens (including phenoxy) is 1. The highest BCUT2D eigenvalue weighted by Crippen LogP contribution is 2.06. The third-order valence-corrected chi connectivity index (χ3v) is 2.78. The van der Waals surface area contributed by atoms with Gasteiger partial charge in [-0.1, -0.05) is 12.8 Å². The van der Waals surface area contributed by atoms with Crippen molar-refractivity contribution < 1.29 is 14.3 Å². The van der Waals surface area contributed by atoms with Gasteiger partial charge in [-0.05, 0) is 19.4 Å². The van der Waals surface area contributed by atoms with E-state index in [0.717, 1.165) is 25.7 Å². The molecule has 0 saturated carbocycles. The summed E-state index contributed by atoms with van der Waals surface area (Å²) in [5, 5.41) is 6.76. The summed E-state index contributed by atoms with van der Waals surface area (Å²) in [6, 6.07) is 1.65. The molecule has 1 rings (SSSR count). The van der Waals surface area contributed by atoms with Crippen molar-refractivity contribution in [2.75, 3.05) is 19.0 Å². The number of carbonyl (C=O) groups excluding carboxylic acids is 2. The fourth-order valence-electron chi connectivity index (χ4n) is 1.70. The number of amides is 1. The van der Waals surface area contributed by atoms with Gasteiger partial charge >= 0.3 is 5.97 Å². The first-order valence-corrected chi connectivity index (χ1v) is 6.76. The molecule has 0 radical (unpaired) electrons. The van der Waals surface area contributed by atoms with Gasteiger partial charge in [0.2, 0.25) is 5.91 Å². The normalized spacial score (nSPS) is 10.3. The molecular weight excluding hydrogens is 260 g/mol. The van der Waals surface area contributed by atoms with Crippen molar-refractivity contribution in [3.05, 3.63) is 12.3 Å². The summed E-state index contributed by atoms with van der Waals surface area (Å²) < 4.78 is 5.95. The summed E-state index contributed by atoms with van der Waals surface area (Å²) in [5.74, 6) is -0.00666. The highest BCUT2D eigenvalue weighted by molar-refractivity contribution is 5.89. The predicted octanol–water partition coefficient (Wildman–Crippen LogP) is 0.904. The lowest BCUT2D eigenvalue weighted by Crippen LogP contribution is -2.14. The molecule has 0 bridgehead atoms. The Morgan fingerprint density at radius 1 is 1.35 bits per heavy atom. The molecule has 0 fully saturated rings. The molecule has 0 saturated heterocycles. The van der Waals surface area contributed by atoms with Crippen molar-refractivity contribution in [3.63, 3.8) is 0 Å². The van der Waals surface area contributed by atoms with E-state index in [1.807, 2.05) is 0 Å². The average Bonchev–Trinajstić information content (AvgIpc) is 2.85. The van der Waals surface area contributed by atoms with Gasteiger partial charge in [0.1, 0.15) is 6.54 Å². The number of hydrogen-bond donors (Lipinski definition) is 2. The molecule has 3 N–H and O–H groups in total. The van der Waals surface area contributed by atoms with Crippen LogP contribution in [0.3, 0.4) is 0 Å². The number of methoxy groups -OCH3 is 1. The molecule has 112 valence electrons. The topological polar surface area (TPSA) is 99.2 Å². The SMILES string of the molecule is COC(=O)Cn1ccc(NC(=O)CCCCCCN)n1. The van der Waals surface area contributed by atoms with Crippen molar-refractivity contribution >= 4 is 17.7 Å². The Labute approximate surface area is 118 Å². The van der Waals surface area contributed by atoms with Crippen LogP contribution in [0.15, 0.2) is 12.3 Å². The van der Waals surface area contributed by atoms with E-state index < -0.39 is 0 Å². The maximum absolute atomic E-state index is 11.7. The standard InChI is InChI=1S/C13H22N4O3/c1-20-13(19)10-17-9-7-11(16-17)15-12(18)6-4-2-3-5-8-14/h7,9H,2-6,8,10,14H2,1H3,(H,15,16,18). The van der Waals surface area contributed by atoms with Gasteiger partial charge in [0, 0.05) is 18.7 Å². The number of esters is 1. The van der Waals surface area contributed by atoms with Crippen LogP contribution in [0.2, 0.25) is 0 Å². The second-order valence-corrected chi connectivity index (χ2v) is 4.48. The first-order chi connectivity index (χ1) is 9.65. The molecule has 0 unspecified atom stereocenters. The first-order valence-electron chi connectivity index (χ1n) is 6.76. The number of rotatable bonds is 9. The summed E-state index contributed by atoms with van der Waals surface area (Å²) >= 11 is 0. The number of aromatic nitrogens is 2. The molecule has 0 atom stereocenters. The third-order valence-electron chi connectivity index (χ3n) is 2.78. The molecule has 7 nitrogen and oxygen atoms in total. The highest BCUT2D eigenvalue weighted by Gasteiger charge is 2.07. The quantitative estimate of drug-likeness (QED) is 0.518. The molecule has 20 heavy (non-hydrogen) atoms. The predicted molar refractivity (Wildman–Crippen MR) is 75.0 cm³/mol. The number of nitrogens with one attached hydrogen (secondary N) is 1. The van der Waals surface area contributed by atoms with Gasteiger partial charge < -0.3 is 15.8 Å². The number of carbonyl (C=O) groups is 2. The van der Waals surface area contributed by atoms with E-state index in [9.17, 15) is 9.59 Å². The van der Waals surface area contributed by atoms with E-state index in [1.54, 1.807) is 12.3 Å². The van der Waals surface area contributed by atoms with Crippen molar-refractivity contribution in [1.82, 2.24) is 9.78 Å². The van der Waals surface area contributed by atoms with E-state index in [-0.39, 0.29) is 18.4 Å². The van der Waals surface area contributed by atoms with Crippen LogP contribution < -0.4 is 11.1 Å². The van der Waals surface area contributed by atoms with Crippen LogP contribution in [0, 0.1) is 0 Å². The van der Waals surface area contributed by atoms with Gasteiger partial charge in [-0.15, -0.1) is 0 Å². The lowest BCUT2D eigenvalue weighted by molar-refractivity contribution is -0.141. The minimum Gasteiger partial charge on any atom is -0.468 e. The molecule has 0 spiro atoms. The molecule has 1 heterocycles. The number of anilines is 1. The number of nitrogens with zero attached hydrogens (tertiary/aromatic N) is 2. The third kappa shape index (κ3) is 6.33. The molecule has 7 heteroatoms. The number of hydrogen-bond acceptors (Lipinski definition) is 5. The average molecular weight is 282 g/mol. The first kappa shape index (κ1) is 16.2. The Hall–Kier alpha value is -1.89. The lowest BCUT2D eigenvalue weighted by atomic mass is 10.1. The summed E-state index contributed by atoms with van der Waals surface area (Å²) in [7, 11) is 1.32. The largest absolute Gasteiger partial charge is 0.468 e. The van der Waals surface area contributed by atoms with Crippen LogP contribution in [-0.4, -0.2) is 35.3 Å². The van der Waals surface area contributed by atoms with E-state index >= 15 is 0 Å². The van der Waals surface area contributed by atoms with Crippen molar-refractivity contribution in [1.29, 1.82) is 0 Å². The summed E-state index contributed by atoms with van der Waals surface area (Å²) in [4.78, 5) is 22.7. The summed E-state index contributed by atoms with van der Waals surface area (Å²) in [6.07, 6.45) is 5.98. The second-order valence-electron chi connectivity index (χ2n) is 4.48. The van der Waals surface area contributed by atoms with Gasteiger partial charge in [0.15, 0.2) is 5.82 Å². The Morgan fingerprint density at radius 2 is 2.10 bits per heavy atom. The monoisotopic (exact) mass is 282 g/mol. The number of unbranched alkanes of at least 4 members (excludes halogenated alkanes) is 3. The molecule has 0 aliphatic heterocycles. The molecular formula is C13H22N4O3. The van der Waals surface area contributed by atoms with E-state index in [0.29, 0.717) is 18.8 Å². The minimum absolute atomic E-state index is 0.0332. The zero-order valence-corrected chi connectivity index (χ0v) is 11.8. The molecule has 0 aliphatic rings. The summed E-state index contributed by atoms with van der Waals surface area (Å²) in [5.41, 5.74) is 5.40. The van der Waals surface area contributed by atoms with E-state index in [1.165, 1.54) is 11.8 Å². The Balaban J connectivity index is 2.26. The van der Waals surface area contributed by atoms with Crippen LogP contribution in [0.1, 0.15) is 32.1 Å². The van der Waals surface area contributed by atoms with Crippen LogP contribution in [0.5, 0.6) is 0 Å². The van der Waals surface area contributed by atoms with Gasteiger partial charge in [0.25, 0.3) is 0 Å². The van der Waals surface area contributed by atoms with Gasteiger partial charge in [-0.3, -0.25) is 14.3 Å². The minimum atomic E-state index is -0.383. The molecule has 1 amide bonds. The highest BCUT2D eigenvalue weighted by atomic mass is 16.5. The Kier molecular flexibility index (Phi) is 7.34. The van der Waals surface area contributed by atoms with Crippen LogP contribution >= 0.6 is 0 Å². The zero-order valence-electron chi connectivity index (χ0n) is 11.8. The second kappa shape index (κ2) is 9.08. The van der Waals surface area contributed by atoms with Crippen molar-refractivity contribution in [2.45, 2.75) is 38.6 Å². The molecule has 0 aromatic carbocycles. The van der Waals surface area contributed by atoms with Gasteiger partial charge in [-0.2, -0.15) is 5.10 Å². The maximum Gasteiger partial charge on any atom is 0.327 e.